The number of para-hydroxylation sites is 1. The molecule has 2 aromatic carbocycles. The summed E-state index contributed by atoms with van der Waals surface area (Å²) in [6.45, 7) is 17.8. The molecule has 226 valence electrons. The van der Waals surface area contributed by atoms with Crippen molar-refractivity contribution in [2.45, 2.75) is 112 Å². The van der Waals surface area contributed by atoms with Crippen LogP contribution in [0, 0.1) is 19.8 Å². The molecule has 3 unspecified atom stereocenters. The van der Waals surface area contributed by atoms with Crippen molar-refractivity contribution in [3.05, 3.63) is 64.7 Å². The molecule has 2 rings (SSSR count). The average molecular weight is 566 g/mol. The summed E-state index contributed by atoms with van der Waals surface area (Å²) in [6.07, 6.45) is 3.51. The summed E-state index contributed by atoms with van der Waals surface area (Å²) >= 11 is 0. The Hall–Kier alpha value is -3.35. The molecule has 0 aliphatic heterocycles. The fourth-order valence-corrected chi connectivity index (χ4v) is 4.81. The zero-order valence-electron chi connectivity index (χ0n) is 26.6. The van der Waals surface area contributed by atoms with Crippen molar-refractivity contribution in [1.29, 1.82) is 0 Å². The minimum absolute atomic E-state index is 0.173. The molecule has 41 heavy (non-hydrogen) atoms. The van der Waals surface area contributed by atoms with Crippen LogP contribution in [0.2, 0.25) is 0 Å². The molecule has 7 nitrogen and oxygen atoms in total. The SMILES string of the molecule is CCCCCN(C(=O)C(NC(=O)OC(C)(C)C)C(C)CC)C(C(=O)Nc1c(C)cccc1C)c1ccc(CC)cc1. The van der Waals surface area contributed by atoms with Crippen LogP contribution in [-0.2, 0) is 20.7 Å². The van der Waals surface area contributed by atoms with Gasteiger partial charge in [-0.25, -0.2) is 4.79 Å². The highest BCUT2D eigenvalue weighted by Gasteiger charge is 2.38. The molecular weight excluding hydrogens is 514 g/mol. The number of hydrogen-bond donors (Lipinski definition) is 2. The highest BCUT2D eigenvalue weighted by molar-refractivity contribution is 6.00. The Balaban J connectivity index is 2.61. The van der Waals surface area contributed by atoms with Gasteiger partial charge in [-0.05, 0) is 75.6 Å². The Morgan fingerprint density at radius 3 is 2.05 bits per heavy atom. The quantitative estimate of drug-likeness (QED) is 0.246. The third kappa shape index (κ3) is 9.91. The monoisotopic (exact) mass is 565 g/mol. The maximum absolute atomic E-state index is 14.4. The molecule has 0 fully saturated rings. The van der Waals surface area contributed by atoms with Crippen LogP contribution in [-0.4, -0.2) is 41.0 Å². The maximum Gasteiger partial charge on any atom is 0.408 e. The number of carbonyl (C=O) groups excluding carboxylic acids is 3. The molecule has 0 aromatic heterocycles. The van der Waals surface area contributed by atoms with Crippen molar-refractivity contribution >= 4 is 23.6 Å². The van der Waals surface area contributed by atoms with E-state index in [-0.39, 0.29) is 17.7 Å². The third-order valence-electron chi connectivity index (χ3n) is 7.43. The molecule has 0 bridgehead atoms. The van der Waals surface area contributed by atoms with Crippen LogP contribution in [0.25, 0.3) is 0 Å². The molecule has 0 saturated carbocycles. The van der Waals surface area contributed by atoms with E-state index in [4.69, 9.17) is 4.74 Å². The average Bonchev–Trinajstić information content (AvgIpc) is 2.91. The Bertz CT molecular complexity index is 1130. The number of unbranched alkanes of at least 4 members (excludes halogenated alkanes) is 2. The Labute approximate surface area is 247 Å². The van der Waals surface area contributed by atoms with E-state index in [0.717, 1.165) is 53.6 Å². The van der Waals surface area contributed by atoms with Gasteiger partial charge in [0.25, 0.3) is 5.91 Å². The molecule has 0 aliphatic rings. The first kappa shape index (κ1) is 33.9. The van der Waals surface area contributed by atoms with Gasteiger partial charge in [0.1, 0.15) is 17.7 Å². The number of nitrogens with zero attached hydrogens (tertiary/aromatic N) is 1. The highest BCUT2D eigenvalue weighted by Crippen LogP contribution is 2.29. The lowest BCUT2D eigenvalue weighted by Gasteiger charge is -2.36. The van der Waals surface area contributed by atoms with Crippen LogP contribution in [0.5, 0.6) is 0 Å². The van der Waals surface area contributed by atoms with Crippen LogP contribution < -0.4 is 10.6 Å². The van der Waals surface area contributed by atoms with Crippen LogP contribution in [0.3, 0.4) is 0 Å². The van der Waals surface area contributed by atoms with E-state index in [1.165, 1.54) is 0 Å². The van der Waals surface area contributed by atoms with Crippen molar-refractivity contribution in [2.24, 2.45) is 5.92 Å². The largest absolute Gasteiger partial charge is 0.444 e. The molecule has 0 saturated heterocycles. The minimum Gasteiger partial charge on any atom is -0.444 e. The van der Waals surface area contributed by atoms with E-state index in [2.05, 4.69) is 24.5 Å². The van der Waals surface area contributed by atoms with E-state index in [9.17, 15) is 14.4 Å². The molecular formula is C34H51N3O4. The summed E-state index contributed by atoms with van der Waals surface area (Å²) in [5, 5.41) is 5.98. The van der Waals surface area contributed by atoms with Crippen molar-refractivity contribution in [1.82, 2.24) is 10.2 Å². The number of aryl methyl sites for hydroxylation is 3. The van der Waals surface area contributed by atoms with Gasteiger partial charge in [0.2, 0.25) is 5.91 Å². The smallest absolute Gasteiger partial charge is 0.408 e. The van der Waals surface area contributed by atoms with E-state index in [1.807, 2.05) is 70.2 Å². The lowest BCUT2D eigenvalue weighted by atomic mass is 9.95. The zero-order chi connectivity index (χ0) is 30.7. The fraction of sp³-hybridized carbons (Fsp3) is 0.559. The highest BCUT2D eigenvalue weighted by atomic mass is 16.6. The summed E-state index contributed by atoms with van der Waals surface area (Å²) in [7, 11) is 0. The molecule has 2 N–H and O–H groups in total. The Morgan fingerprint density at radius 1 is 0.927 bits per heavy atom. The fourth-order valence-electron chi connectivity index (χ4n) is 4.81. The molecule has 0 aliphatic carbocycles. The van der Waals surface area contributed by atoms with E-state index >= 15 is 0 Å². The van der Waals surface area contributed by atoms with Crippen molar-refractivity contribution < 1.29 is 19.1 Å². The van der Waals surface area contributed by atoms with Gasteiger partial charge in [-0.2, -0.15) is 0 Å². The van der Waals surface area contributed by atoms with E-state index in [0.29, 0.717) is 13.0 Å². The minimum atomic E-state index is -0.878. The van der Waals surface area contributed by atoms with Crippen molar-refractivity contribution in [3.63, 3.8) is 0 Å². The molecule has 0 spiro atoms. The zero-order valence-corrected chi connectivity index (χ0v) is 26.6. The lowest BCUT2D eigenvalue weighted by Crippen LogP contribution is -2.55. The second kappa shape index (κ2) is 15.6. The summed E-state index contributed by atoms with van der Waals surface area (Å²) in [5.74, 6) is -0.743. The van der Waals surface area contributed by atoms with Crippen LogP contribution >= 0.6 is 0 Å². The predicted octanol–water partition coefficient (Wildman–Crippen LogP) is 7.50. The standard InChI is InChI=1S/C34H51N3O4/c1-10-13-14-22-37(32(39)29(23(4)11-2)36-33(40)41-34(7,8)9)30(27-20-18-26(12-3)19-21-27)31(38)35-28-24(5)16-15-17-25(28)6/h15-21,23,29-30H,10-14,22H2,1-9H3,(H,35,38)(H,36,40). The van der Waals surface area contributed by atoms with Crippen molar-refractivity contribution in [3.8, 4) is 0 Å². The first-order valence-corrected chi connectivity index (χ1v) is 15.1. The molecule has 3 atom stereocenters. The number of alkyl carbamates (subject to hydrolysis) is 1. The number of benzene rings is 2. The van der Waals surface area contributed by atoms with Gasteiger partial charge < -0.3 is 20.3 Å². The van der Waals surface area contributed by atoms with Gasteiger partial charge in [0.15, 0.2) is 0 Å². The van der Waals surface area contributed by atoms with Gasteiger partial charge in [-0.1, -0.05) is 89.4 Å². The first-order chi connectivity index (χ1) is 19.3. The number of rotatable bonds is 13. The van der Waals surface area contributed by atoms with E-state index < -0.39 is 23.8 Å². The van der Waals surface area contributed by atoms with Gasteiger partial charge in [0, 0.05) is 12.2 Å². The summed E-state index contributed by atoms with van der Waals surface area (Å²) in [6, 6.07) is 12.0. The third-order valence-corrected chi connectivity index (χ3v) is 7.43. The van der Waals surface area contributed by atoms with Crippen LogP contribution in [0.15, 0.2) is 42.5 Å². The summed E-state index contributed by atoms with van der Waals surface area (Å²) < 4.78 is 5.51. The Kier molecular flexibility index (Phi) is 12.9. The van der Waals surface area contributed by atoms with Gasteiger partial charge >= 0.3 is 6.09 Å². The summed E-state index contributed by atoms with van der Waals surface area (Å²) in [5.41, 5.74) is 3.83. The van der Waals surface area contributed by atoms with E-state index in [1.54, 1.807) is 25.7 Å². The number of carbonyl (C=O) groups is 3. The molecule has 3 amide bonds. The second-order valence-corrected chi connectivity index (χ2v) is 12.0. The number of hydrogen-bond acceptors (Lipinski definition) is 4. The van der Waals surface area contributed by atoms with Crippen LogP contribution in [0.4, 0.5) is 10.5 Å². The molecule has 0 radical (unpaired) electrons. The van der Waals surface area contributed by atoms with Crippen LogP contribution in [0.1, 0.15) is 102 Å². The molecule has 2 aromatic rings. The van der Waals surface area contributed by atoms with Gasteiger partial charge in [-0.3, -0.25) is 9.59 Å². The normalized spacial score (nSPS) is 13.6. The van der Waals surface area contributed by atoms with Gasteiger partial charge in [0.05, 0.1) is 0 Å². The molecule has 0 heterocycles. The number of anilines is 1. The second-order valence-electron chi connectivity index (χ2n) is 12.0. The van der Waals surface area contributed by atoms with Crippen molar-refractivity contribution in [2.75, 3.05) is 11.9 Å². The Morgan fingerprint density at radius 2 is 1.54 bits per heavy atom. The number of ether oxygens (including phenoxy) is 1. The lowest BCUT2D eigenvalue weighted by molar-refractivity contribution is -0.142. The predicted molar refractivity (Wildman–Crippen MR) is 167 cm³/mol. The summed E-state index contributed by atoms with van der Waals surface area (Å²) in [4.78, 5) is 43.2. The molecule has 7 heteroatoms. The van der Waals surface area contributed by atoms with Gasteiger partial charge in [-0.15, -0.1) is 0 Å². The topological polar surface area (TPSA) is 87.7 Å². The first-order valence-electron chi connectivity index (χ1n) is 15.1. The number of amides is 3. The number of nitrogens with one attached hydrogen (secondary N) is 2. The maximum atomic E-state index is 14.4.